The molecular formula is C17H17NO7. The quantitative estimate of drug-likeness (QED) is 0.316. The number of rotatable bonds is 7. The highest BCUT2D eigenvalue weighted by Crippen LogP contribution is 2.26. The summed E-state index contributed by atoms with van der Waals surface area (Å²) in [6.45, 7) is -0.515. The number of ether oxygens (including phenoxy) is 1. The van der Waals surface area contributed by atoms with Crippen LogP contribution >= 0.6 is 0 Å². The van der Waals surface area contributed by atoms with Gasteiger partial charge in [0.05, 0.1) is 18.6 Å². The molecule has 8 nitrogen and oxygen atoms in total. The largest absolute Gasteiger partial charge is 0.465 e. The number of benzene rings is 1. The molecule has 2 rings (SSSR count). The second-order valence-corrected chi connectivity index (χ2v) is 5.86. The Kier molecular flexibility index (Phi) is 5.74. The third-order valence-corrected chi connectivity index (χ3v) is 4.20. The molecule has 0 aliphatic heterocycles. The first-order valence-corrected chi connectivity index (χ1v) is 7.71. The van der Waals surface area contributed by atoms with Crippen molar-refractivity contribution in [2.75, 3.05) is 13.7 Å². The minimum Gasteiger partial charge on any atom is -0.465 e. The van der Waals surface area contributed by atoms with Crippen LogP contribution in [0.25, 0.3) is 0 Å². The summed E-state index contributed by atoms with van der Waals surface area (Å²) in [4.78, 5) is 57.5. The molecule has 0 amide bonds. The van der Waals surface area contributed by atoms with Crippen LogP contribution in [0.5, 0.6) is 0 Å². The molecule has 1 atom stereocenters. The molecule has 0 spiro atoms. The van der Waals surface area contributed by atoms with E-state index < -0.39 is 46.6 Å². The molecule has 0 bridgehead atoms. The lowest BCUT2D eigenvalue weighted by Crippen LogP contribution is -2.28. The van der Waals surface area contributed by atoms with Crippen LogP contribution in [0.3, 0.4) is 0 Å². The van der Waals surface area contributed by atoms with Crippen LogP contribution in [0, 0.1) is 16.0 Å². The number of nitro groups is 1. The highest BCUT2D eigenvalue weighted by atomic mass is 16.6. The molecule has 1 saturated carbocycles. The third kappa shape index (κ3) is 4.34. The Morgan fingerprint density at radius 1 is 1.20 bits per heavy atom. The molecule has 1 unspecified atom stereocenters. The maximum atomic E-state index is 12.3. The van der Waals surface area contributed by atoms with E-state index in [2.05, 4.69) is 4.74 Å². The third-order valence-electron chi connectivity index (χ3n) is 4.20. The molecule has 0 saturated heterocycles. The average Bonchev–Trinajstić information content (AvgIpc) is 2.92. The van der Waals surface area contributed by atoms with Crippen molar-refractivity contribution in [3.05, 3.63) is 45.5 Å². The lowest BCUT2D eigenvalue weighted by molar-refractivity contribution is -0.483. The maximum Gasteiger partial charge on any atom is 0.337 e. The number of esters is 1. The normalized spacial score (nSPS) is 15.9. The van der Waals surface area contributed by atoms with Crippen LogP contribution in [-0.2, 0) is 19.1 Å². The average molecular weight is 347 g/mol. The Hall–Kier alpha value is -2.90. The van der Waals surface area contributed by atoms with Crippen LogP contribution in [-0.4, -0.2) is 41.9 Å². The molecule has 25 heavy (non-hydrogen) atoms. The molecule has 0 aromatic heterocycles. The zero-order chi connectivity index (χ0) is 18.6. The minimum absolute atomic E-state index is 0.0446. The first kappa shape index (κ1) is 18.4. The number of hydrogen-bond donors (Lipinski definition) is 0. The fourth-order valence-corrected chi connectivity index (χ4v) is 2.91. The monoisotopic (exact) mass is 347 g/mol. The van der Waals surface area contributed by atoms with E-state index in [-0.39, 0.29) is 24.8 Å². The van der Waals surface area contributed by atoms with Crippen molar-refractivity contribution < 1.29 is 28.8 Å². The van der Waals surface area contributed by atoms with E-state index in [9.17, 15) is 29.3 Å². The van der Waals surface area contributed by atoms with Crippen LogP contribution in [0.2, 0.25) is 0 Å². The Morgan fingerprint density at radius 2 is 1.76 bits per heavy atom. The molecule has 8 heteroatoms. The van der Waals surface area contributed by atoms with Crippen molar-refractivity contribution >= 4 is 23.3 Å². The van der Waals surface area contributed by atoms with Gasteiger partial charge < -0.3 is 4.74 Å². The van der Waals surface area contributed by atoms with Crippen molar-refractivity contribution in [2.45, 2.75) is 25.2 Å². The number of Topliss-reactive ketones (excluding diaryl/α,β-unsaturated/α-hetero) is 3. The zero-order valence-corrected chi connectivity index (χ0v) is 13.6. The summed E-state index contributed by atoms with van der Waals surface area (Å²) in [6, 6.07) is 5.91. The Morgan fingerprint density at radius 3 is 2.24 bits per heavy atom. The van der Waals surface area contributed by atoms with E-state index >= 15 is 0 Å². The highest BCUT2D eigenvalue weighted by molar-refractivity contribution is 6.23. The second kappa shape index (κ2) is 7.78. The molecule has 0 radical (unpaired) electrons. The van der Waals surface area contributed by atoms with Gasteiger partial charge in [-0.25, -0.2) is 4.79 Å². The van der Waals surface area contributed by atoms with Gasteiger partial charge >= 0.3 is 5.97 Å². The Bertz CT molecular complexity index is 707. The van der Waals surface area contributed by atoms with Gasteiger partial charge in [-0.15, -0.1) is 0 Å². The molecular weight excluding hydrogens is 330 g/mol. The molecule has 1 aromatic carbocycles. The number of ketones is 3. The van der Waals surface area contributed by atoms with Gasteiger partial charge in [-0.3, -0.25) is 24.5 Å². The molecule has 0 heterocycles. The van der Waals surface area contributed by atoms with E-state index in [1.807, 2.05) is 0 Å². The van der Waals surface area contributed by atoms with Crippen LogP contribution in [0.15, 0.2) is 24.3 Å². The summed E-state index contributed by atoms with van der Waals surface area (Å²) in [5.41, 5.74) is 0.758. The smallest absolute Gasteiger partial charge is 0.337 e. The van der Waals surface area contributed by atoms with Gasteiger partial charge in [0.2, 0.25) is 6.54 Å². The Balaban J connectivity index is 2.19. The highest BCUT2D eigenvalue weighted by Gasteiger charge is 2.39. The van der Waals surface area contributed by atoms with Crippen molar-refractivity contribution in [2.24, 2.45) is 5.92 Å². The molecule has 1 aliphatic rings. The predicted molar refractivity (Wildman–Crippen MR) is 84.7 cm³/mol. The van der Waals surface area contributed by atoms with E-state index in [1.54, 1.807) is 0 Å². The van der Waals surface area contributed by atoms with Crippen molar-refractivity contribution in [3.63, 3.8) is 0 Å². The number of methoxy groups -OCH3 is 1. The van der Waals surface area contributed by atoms with Crippen LogP contribution in [0.1, 0.15) is 41.1 Å². The first-order valence-electron chi connectivity index (χ1n) is 7.71. The number of carbonyl (C=O) groups is 4. The first-order chi connectivity index (χ1) is 11.8. The maximum absolute atomic E-state index is 12.3. The van der Waals surface area contributed by atoms with Crippen molar-refractivity contribution in [1.82, 2.24) is 0 Å². The second-order valence-electron chi connectivity index (χ2n) is 5.86. The van der Waals surface area contributed by atoms with Gasteiger partial charge in [0.25, 0.3) is 0 Å². The van der Waals surface area contributed by atoms with Gasteiger partial charge in [-0.05, 0) is 17.7 Å². The van der Waals surface area contributed by atoms with E-state index in [0.29, 0.717) is 5.56 Å². The zero-order valence-electron chi connectivity index (χ0n) is 13.6. The number of carbonyl (C=O) groups excluding carboxylic acids is 4. The van der Waals surface area contributed by atoms with E-state index in [4.69, 9.17) is 0 Å². The number of nitrogens with zero attached hydrogens (tertiary/aromatic N) is 1. The van der Waals surface area contributed by atoms with Crippen molar-refractivity contribution in [1.29, 1.82) is 0 Å². The summed E-state index contributed by atoms with van der Waals surface area (Å²) in [6.07, 6.45) is -0.188. The Labute approximate surface area is 143 Å². The topological polar surface area (TPSA) is 121 Å². The minimum atomic E-state index is -1.29. The molecule has 1 aromatic rings. The molecule has 132 valence electrons. The fourth-order valence-electron chi connectivity index (χ4n) is 2.91. The number of hydrogen-bond acceptors (Lipinski definition) is 7. The van der Waals surface area contributed by atoms with E-state index in [1.165, 1.54) is 31.4 Å². The summed E-state index contributed by atoms with van der Waals surface area (Å²) in [7, 11) is 1.24. The SMILES string of the molecule is COC(=O)c1ccc(C(CC(=O)C2C(=O)CCC2=O)C[N+](=O)[O-])cc1. The van der Waals surface area contributed by atoms with E-state index in [0.717, 1.165) is 0 Å². The summed E-state index contributed by atoms with van der Waals surface area (Å²) in [5, 5.41) is 10.9. The van der Waals surface area contributed by atoms with Gasteiger partial charge in [0.15, 0.2) is 17.3 Å². The van der Waals surface area contributed by atoms with Gasteiger partial charge in [-0.2, -0.15) is 0 Å². The summed E-state index contributed by atoms with van der Waals surface area (Å²) < 4.78 is 4.58. The van der Waals surface area contributed by atoms with Crippen LogP contribution in [0.4, 0.5) is 0 Å². The lowest BCUT2D eigenvalue weighted by atomic mass is 9.87. The predicted octanol–water partition coefficient (Wildman–Crippen LogP) is 1.34. The van der Waals surface area contributed by atoms with Crippen molar-refractivity contribution in [3.8, 4) is 0 Å². The lowest BCUT2D eigenvalue weighted by Gasteiger charge is -2.14. The molecule has 0 N–H and O–H groups in total. The van der Waals surface area contributed by atoms with Gasteiger partial charge in [0.1, 0.15) is 5.92 Å². The summed E-state index contributed by atoms with van der Waals surface area (Å²) >= 11 is 0. The van der Waals surface area contributed by atoms with Gasteiger partial charge in [0, 0.05) is 24.2 Å². The van der Waals surface area contributed by atoms with Crippen LogP contribution < -0.4 is 0 Å². The van der Waals surface area contributed by atoms with Gasteiger partial charge in [-0.1, -0.05) is 12.1 Å². The standard InChI is InChI=1S/C17H17NO7/c1-25-17(22)11-4-2-10(3-5-11)12(9-18(23)24)8-15(21)16-13(19)6-7-14(16)20/h2-5,12,16H,6-9H2,1H3. The fraction of sp³-hybridized carbons (Fsp3) is 0.412. The molecule has 1 fully saturated rings. The molecule has 1 aliphatic carbocycles. The summed E-state index contributed by atoms with van der Waals surface area (Å²) in [5.74, 6) is -4.04.